The second-order valence-corrected chi connectivity index (χ2v) is 8.20. The summed E-state index contributed by atoms with van der Waals surface area (Å²) in [5, 5.41) is 5.67. The van der Waals surface area contributed by atoms with Crippen molar-refractivity contribution in [1.29, 1.82) is 0 Å². The van der Waals surface area contributed by atoms with E-state index in [0.717, 1.165) is 5.56 Å². The molecule has 0 aliphatic rings. The highest BCUT2D eigenvalue weighted by molar-refractivity contribution is 6.06. The maximum Gasteiger partial charge on any atom is 0.255 e. The summed E-state index contributed by atoms with van der Waals surface area (Å²) < 4.78 is 5.12. The Morgan fingerprint density at radius 2 is 1.11 bits per heavy atom. The monoisotopic (exact) mass is 478 g/mol. The molecule has 0 atom stereocenters. The molecule has 2 amide bonds. The van der Waals surface area contributed by atoms with Crippen LogP contribution < -0.4 is 15.4 Å². The van der Waals surface area contributed by atoms with E-state index in [0.29, 0.717) is 46.7 Å². The van der Waals surface area contributed by atoms with Crippen molar-refractivity contribution in [2.75, 3.05) is 17.7 Å². The molecule has 0 saturated heterocycles. The van der Waals surface area contributed by atoms with Gasteiger partial charge in [0.2, 0.25) is 0 Å². The van der Waals surface area contributed by atoms with Gasteiger partial charge in [0.25, 0.3) is 11.8 Å². The van der Waals surface area contributed by atoms with E-state index in [1.807, 2.05) is 42.5 Å². The largest absolute Gasteiger partial charge is 0.497 e. The van der Waals surface area contributed by atoms with Gasteiger partial charge < -0.3 is 15.4 Å². The number of carbonyl (C=O) groups is 3. The Bertz CT molecular complexity index is 1330. The topological polar surface area (TPSA) is 84.5 Å². The fourth-order valence-corrected chi connectivity index (χ4v) is 3.63. The van der Waals surface area contributed by atoms with Gasteiger partial charge in [-0.3, -0.25) is 14.4 Å². The van der Waals surface area contributed by atoms with Gasteiger partial charge in [0.15, 0.2) is 5.78 Å². The molecule has 36 heavy (non-hydrogen) atoms. The van der Waals surface area contributed by atoms with Crippen LogP contribution in [0.2, 0.25) is 0 Å². The lowest BCUT2D eigenvalue weighted by atomic mass is 10.0. The first-order valence-electron chi connectivity index (χ1n) is 11.6. The van der Waals surface area contributed by atoms with Crippen LogP contribution in [0.5, 0.6) is 5.75 Å². The fourth-order valence-electron chi connectivity index (χ4n) is 3.63. The molecule has 180 valence electrons. The summed E-state index contributed by atoms with van der Waals surface area (Å²) in [6.45, 7) is 0. The van der Waals surface area contributed by atoms with E-state index in [4.69, 9.17) is 4.74 Å². The molecule has 4 aromatic carbocycles. The molecule has 4 rings (SSSR count). The maximum atomic E-state index is 12.6. The van der Waals surface area contributed by atoms with Gasteiger partial charge in [0.1, 0.15) is 5.75 Å². The summed E-state index contributed by atoms with van der Waals surface area (Å²) in [7, 11) is 1.59. The Morgan fingerprint density at radius 3 is 1.67 bits per heavy atom. The fraction of sp³-hybridized carbons (Fsp3) is 0.100. The molecule has 0 heterocycles. The number of benzene rings is 4. The van der Waals surface area contributed by atoms with E-state index in [-0.39, 0.29) is 17.6 Å². The first-order valence-corrected chi connectivity index (χ1v) is 11.6. The first kappa shape index (κ1) is 24.4. The molecular formula is C30H26N2O4. The number of rotatable bonds is 9. The van der Waals surface area contributed by atoms with Crippen LogP contribution in [0, 0.1) is 0 Å². The molecule has 6 nitrogen and oxygen atoms in total. The normalized spacial score (nSPS) is 10.4. The smallest absolute Gasteiger partial charge is 0.255 e. The lowest BCUT2D eigenvalue weighted by molar-refractivity contribution is 0.0980. The summed E-state index contributed by atoms with van der Waals surface area (Å²) in [6.07, 6.45) is 0.960. The predicted molar refractivity (Wildman–Crippen MR) is 141 cm³/mol. The first-order chi connectivity index (χ1) is 17.5. The van der Waals surface area contributed by atoms with Crippen LogP contribution in [0.15, 0.2) is 103 Å². The minimum Gasteiger partial charge on any atom is -0.497 e. The van der Waals surface area contributed by atoms with Crippen molar-refractivity contribution in [2.45, 2.75) is 12.8 Å². The number of ketones is 1. The van der Waals surface area contributed by atoms with Gasteiger partial charge in [-0.1, -0.05) is 30.3 Å². The number of hydrogen-bond acceptors (Lipinski definition) is 4. The Kier molecular flexibility index (Phi) is 7.88. The van der Waals surface area contributed by atoms with Gasteiger partial charge in [0.05, 0.1) is 7.11 Å². The quantitative estimate of drug-likeness (QED) is 0.288. The van der Waals surface area contributed by atoms with Crippen molar-refractivity contribution in [3.8, 4) is 5.75 Å². The van der Waals surface area contributed by atoms with Crippen LogP contribution in [0.1, 0.15) is 43.1 Å². The molecule has 0 aliphatic heterocycles. The Morgan fingerprint density at radius 1 is 0.611 bits per heavy atom. The molecule has 0 radical (unpaired) electrons. The molecule has 4 aromatic rings. The van der Waals surface area contributed by atoms with Crippen LogP contribution in [0.3, 0.4) is 0 Å². The lowest BCUT2D eigenvalue weighted by Gasteiger charge is -2.08. The Hall–Kier alpha value is -4.71. The minimum absolute atomic E-state index is 0.0559. The summed E-state index contributed by atoms with van der Waals surface area (Å²) >= 11 is 0. The Labute approximate surface area is 209 Å². The number of carbonyl (C=O) groups excluding carboxylic acids is 3. The van der Waals surface area contributed by atoms with Crippen molar-refractivity contribution in [3.05, 3.63) is 125 Å². The number of Topliss-reactive ketones (excluding diaryl/α,β-unsaturated/α-hetero) is 1. The van der Waals surface area contributed by atoms with Crippen LogP contribution in [0.4, 0.5) is 11.4 Å². The number of anilines is 2. The van der Waals surface area contributed by atoms with Gasteiger partial charge in [-0.15, -0.1) is 0 Å². The van der Waals surface area contributed by atoms with Gasteiger partial charge in [0, 0.05) is 34.5 Å². The molecule has 6 heteroatoms. The lowest BCUT2D eigenvalue weighted by Crippen LogP contribution is -2.13. The molecule has 0 saturated carbocycles. The van der Waals surface area contributed by atoms with Crippen molar-refractivity contribution >= 4 is 29.0 Å². The molecular weight excluding hydrogens is 452 g/mol. The van der Waals surface area contributed by atoms with Gasteiger partial charge >= 0.3 is 0 Å². The zero-order valence-electron chi connectivity index (χ0n) is 19.9. The summed E-state index contributed by atoms with van der Waals surface area (Å²) in [5.74, 6) is 0.294. The Balaban J connectivity index is 1.29. The van der Waals surface area contributed by atoms with Crippen molar-refractivity contribution < 1.29 is 19.1 Å². The zero-order valence-corrected chi connectivity index (χ0v) is 19.9. The number of methoxy groups -OCH3 is 1. The molecule has 0 spiro atoms. The highest BCUT2D eigenvalue weighted by Gasteiger charge is 2.10. The standard InChI is InChI=1S/C30H26N2O4/c1-36-27-18-14-22(15-19-27)28(33)20-9-21-7-10-23(11-8-21)29(34)32-26-16-12-24(13-17-26)30(35)31-25-5-3-2-4-6-25/h2-8,10-19H,9,20H2,1H3,(H,31,35)(H,32,34). The predicted octanol–water partition coefficient (Wildman–Crippen LogP) is 6.02. The second-order valence-electron chi connectivity index (χ2n) is 8.20. The number of ether oxygens (including phenoxy) is 1. The van der Waals surface area contributed by atoms with E-state index < -0.39 is 0 Å². The van der Waals surface area contributed by atoms with Gasteiger partial charge in [-0.2, -0.15) is 0 Å². The highest BCUT2D eigenvalue weighted by Crippen LogP contribution is 2.16. The summed E-state index contributed by atoms with van der Waals surface area (Å²) in [4.78, 5) is 37.4. The third-order valence-electron chi connectivity index (χ3n) is 5.71. The van der Waals surface area contributed by atoms with Crippen molar-refractivity contribution in [3.63, 3.8) is 0 Å². The summed E-state index contributed by atoms with van der Waals surface area (Å²) in [5.41, 5.74) is 3.92. The molecule has 0 bridgehead atoms. The highest BCUT2D eigenvalue weighted by atomic mass is 16.5. The van der Waals surface area contributed by atoms with Crippen molar-refractivity contribution in [2.24, 2.45) is 0 Å². The average Bonchev–Trinajstić information content (AvgIpc) is 2.93. The number of hydrogen-bond donors (Lipinski definition) is 2. The number of amides is 2. The van der Waals surface area contributed by atoms with Gasteiger partial charge in [-0.05, 0) is 84.8 Å². The van der Waals surface area contributed by atoms with Crippen LogP contribution >= 0.6 is 0 Å². The number of nitrogens with one attached hydrogen (secondary N) is 2. The maximum absolute atomic E-state index is 12.6. The van der Waals surface area contributed by atoms with Crippen LogP contribution in [0.25, 0.3) is 0 Å². The van der Waals surface area contributed by atoms with Crippen LogP contribution in [-0.4, -0.2) is 24.7 Å². The van der Waals surface area contributed by atoms with Crippen LogP contribution in [-0.2, 0) is 6.42 Å². The molecule has 0 unspecified atom stereocenters. The summed E-state index contributed by atoms with van der Waals surface area (Å²) in [6, 6.07) is 30.2. The van der Waals surface area contributed by atoms with E-state index >= 15 is 0 Å². The SMILES string of the molecule is COc1ccc(C(=O)CCc2ccc(C(=O)Nc3ccc(C(=O)Nc4ccccc4)cc3)cc2)cc1. The van der Waals surface area contributed by atoms with E-state index in [1.165, 1.54) is 0 Å². The minimum atomic E-state index is -0.252. The number of para-hydroxylation sites is 1. The molecule has 2 N–H and O–H groups in total. The molecule has 0 fully saturated rings. The van der Waals surface area contributed by atoms with E-state index in [1.54, 1.807) is 67.8 Å². The molecule has 0 aromatic heterocycles. The second kappa shape index (κ2) is 11.6. The molecule has 0 aliphatic carbocycles. The third kappa shape index (κ3) is 6.45. The van der Waals surface area contributed by atoms with Crippen molar-refractivity contribution in [1.82, 2.24) is 0 Å². The van der Waals surface area contributed by atoms with E-state index in [9.17, 15) is 14.4 Å². The average molecular weight is 479 g/mol. The zero-order chi connectivity index (χ0) is 25.3. The number of aryl methyl sites for hydroxylation is 1. The van der Waals surface area contributed by atoms with E-state index in [2.05, 4.69) is 10.6 Å². The van der Waals surface area contributed by atoms with Gasteiger partial charge in [-0.25, -0.2) is 0 Å². The third-order valence-corrected chi connectivity index (χ3v) is 5.71.